The molecule has 1 fully saturated rings. The molecule has 0 atom stereocenters. The van der Waals surface area contributed by atoms with E-state index in [2.05, 4.69) is 28.6 Å². The van der Waals surface area contributed by atoms with E-state index >= 15 is 0 Å². The van der Waals surface area contributed by atoms with E-state index in [9.17, 15) is 4.79 Å². The number of nitrogens with zero attached hydrogens (tertiary/aromatic N) is 1. The van der Waals surface area contributed by atoms with Crippen LogP contribution in [0.5, 0.6) is 0 Å². The van der Waals surface area contributed by atoms with E-state index in [1.54, 1.807) is 18.0 Å². The molecule has 0 saturated heterocycles. The molecule has 0 radical (unpaired) electrons. The van der Waals surface area contributed by atoms with Gasteiger partial charge in [-0.05, 0) is 52.9 Å². The van der Waals surface area contributed by atoms with Gasteiger partial charge in [-0.15, -0.1) is 12.6 Å². The Kier molecular flexibility index (Phi) is 5.30. The van der Waals surface area contributed by atoms with Crippen molar-refractivity contribution >= 4 is 34.5 Å². The van der Waals surface area contributed by atoms with Gasteiger partial charge in [0, 0.05) is 29.6 Å². The lowest BCUT2D eigenvalue weighted by molar-refractivity contribution is 0.0680. The Bertz CT molecular complexity index is 463. The number of thiol groups is 1. The average Bonchev–Trinajstić information content (AvgIpc) is 3.20. The van der Waals surface area contributed by atoms with Crippen molar-refractivity contribution in [3.8, 4) is 0 Å². The third-order valence-electron chi connectivity index (χ3n) is 3.15. The molecule has 1 aliphatic rings. The van der Waals surface area contributed by atoms with Crippen LogP contribution in [0, 0.1) is 5.92 Å². The molecule has 1 aromatic rings. The third-order valence-corrected chi connectivity index (χ3v) is 4.12. The first-order valence-corrected chi connectivity index (χ1v) is 7.63. The van der Waals surface area contributed by atoms with Gasteiger partial charge in [-0.1, -0.05) is 0 Å². The van der Waals surface area contributed by atoms with E-state index in [4.69, 9.17) is 4.74 Å². The molecule has 1 amide bonds. The second kappa shape index (κ2) is 6.77. The second-order valence-electron chi connectivity index (χ2n) is 4.91. The summed E-state index contributed by atoms with van der Waals surface area (Å²) in [5, 5.41) is 0. The van der Waals surface area contributed by atoms with Crippen LogP contribution < -0.4 is 0 Å². The molecule has 0 heterocycles. The van der Waals surface area contributed by atoms with E-state index in [-0.39, 0.29) is 5.91 Å². The van der Waals surface area contributed by atoms with Gasteiger partial charge in [0.1, 0.15) is 0 Å². The topological polar surface area (TPSA) is 29.5 Å². The maximum absolute atomic E-state index is 12.3. The monoisotopic (exact) mass is 343 g/mol. The maximum atomic E-state index is 12.3. The predicted octanol–water partition coefficient (Wildman–Crippen LogP) is 3.24. The van der Waals surface area contributed by atoms with Gasteiger partial charge in [-0.25, -0.2) is 0 Å². The van der Waals surface area contributed by atoms with Crippen molar-refractivity contribution in [3.05, 3.63) is 28.2 Å². The van der Waals surface area contributed by atoms with E-state index in [1.807, 2.05) is 12.1 Å². The summed E-state index contributed by atoms with van der Waals surface area (Å²) in [6, 6.07) is 5.47. The zero-order chi connectivity index (χ0) is 13.8. The lowest BCUT2D eigenvalue weighted by Gasteiger charge is -2.18. The summed E-state index contributed by atoms with van der Waals surface area (Å²) in [6.07, 6.45) is 2.58. The van der Waals surface area contributed by atoms with Crippen LogP contribution in [-0.2, 0) is 4.74 Å². The number of carbonyl (C=O) groups is 1. The summed E-state index contributed by atoms with van der Waals surface area (Å²) in [5.41, 5.74) is 0.636. The Labute approximate surface area is 127 Å². The van der Waals surface area contributed by atoms with Crippen LogP contribution in [0.3, 0.4) is 0 Å². The van der Waals surface area contributed by atoms with Crippen molar-refractivity contribution in [1.29, 1.82) is 0 Å². The van der Waals surface area contributed by atoms with Crippen LogP contribution in [0.4, 0.5) is 0 Å². The van der Waals surface area contributed by atoms with Crippen molar-refractivity contribution < 1.29 is 9.53 Å². The fraction of sp³-hybridized carbons (Fsp3) is 0.500. The summed E-state index contributed by atoms with van der Waals surface area (Å²) in [5.74, 6) is 0.744. The first-order valence-electron chi connectivity index (χ1n) is 6.39. The molecule has 0 bridgehead atoms. The van der Waals surface area contributed by atoms with Crippen LogP contribution in [0.2, 0.25) is 0 Å². The van der Waals surface area contributed by atoms with Crippen molar-refractivity contribution in [2.75, 3.05) is 26.8 Å². The molecule has 0 spiro atoms. The number of rotatable bonds is 6. The average molecular weight is 344 g/mol. The highest BCUT2D eigenvalue weighted by Gasteiger charge is 2.21. The molecule has 1 saturated carbocycles. The molecule has 0 aliphatic heterocycles. The van der Waals surface area contributed by atoms with Crippen molar-refractivity contribution in [2.24, 2.45) is 5.92 Å². The summed E-state index contributed by atoms with van der Waals surface area (Å²) < 4.78 is 6.34. The molecular formula is C14H18BrNO2S. The molecule has 0 unspecified atom stereocenters. The quantitative estimate of drug-likeness (QED) is 0.634. The van der Waals surface area contributed by atoms with Crippen molar-refractivity contribution in [2.45, 2.75) is 17.7 Å². The molecule has 3 nitrogen and oxygen atoms in total. The van der Waals surface area contributed by atoms with Crippen LogP contribution in [-0.4, -0.2) is 37.6 Å². The molecule has 19 heavy (non-hydrogen) atoms. The van der Waals surface area contributed by atoms with Crippen molar-refractivity contribution in [3.63, 3.8) is 0 Å². The Hall–Kier alpha value is -0.520. The SMILES string of the molecule is CN(CCOCC1CC1)C(=O)c1cc(S)ccc1Br. The summed E-state index contributed by atoms with van der Waals surface area (Å²) in [4.78, 5) is 14.7. The van der Waals surface area contributed by atoms with E-state index < -0.39 is 0 Å². The van der Waals surface area contributed by atoms with Gasteiger partial charge in [-0.3, -0.25) is 4.79 Å². The fourth-order valence-electron chi connectivity index (χ4n) is 1.72. The van der Waals surface area contributed by atoms with Gasteiger partial charge in [0.2, 0.25) is 0 Å². The molecule has 104 valence electrons. The Morgan fingerprint density at radius 2 is 2.26 bits per heavy atom. The van der Waals surface area contributed by atoms with Gasteiger partial charge in [0.05, 0.1) is 12.2 Å². The number of likely N-dealkylation sites (N-methyl/N-ethyl adjacent to an activating group) is 1. The number of amides is 1. The number of benzene rings is 1. The van der Waals surface area contributed by atoms with Gasteiger partial charge in [0.15, 0.2) is 0 Å². The van der Waals surface area contributed by atoms with E-state index in [1.165, 1.54) is 12.8 Å². The summed E-state index contributed by atoms with van der Waals surface area (Å²) in [6.45, 7) is 2.03. The Morgan fingerprint density at radius 1 is 1.53 bits per heavy atom. The Balaban J connectivity index is 1.84. The number of hydrogen-bond acceptors (Lipinski definition) is 3. The maximum Gasteiger partial charge on any atom is 0.254 e. The van der Waals surface area contributed by atoms with Gasteiger partial charge in [0.25, 0.3) is 5.91 Å². The highest BCUT2D eigenvalue weighted by molar-refractivity contribution is 9.10. The third kappa shape index (κ3) is 4.51. The standard InChI is InChI=1S/C14H18BrNO2S/c1-16(6-7-18-9-10-2-3-10)14(17)12-8-11(19)4-5-13(12)15/h4-5,8,10,19H,2-3,6-7,9H2,1H3. The minimum atomic E-state index is -0.0159. The van der Waals surface area contributed by atoms with Crippen LogP contribution in [0.15, 0.2) is 27.6 Å². The molecule has 1 aliphatic carbocycles. The second-order valence-corrected chi connectivity index (χ2v) is 6.28. The molecule has 0 aromatic heterocycles. The van der Waals surface area contributed by atoms with Crippen molar-refractivity contribution in [1.82, 2.24) is 4.90 Å². The minimum Gasteiger partial charge on any atom is -0.379 e. The molecule has 5 heteroatoms. The number of ether oxygens (including phenoxy) is 1. The lowest BCUT2D eigenvalue weighted by atomic mass is 10.2. The predicted molar refractivity (Wildman–Crippen MR) is 81.9 cm³/mol. The largest absolute Gasteiger partial charge is 0.379 e. The first kappa shape index (κ1) is 14.9. The van der Waals surface area contributed by atoms with E-state index in [0.29, 0.717) is 18.7 Å². The highest BCUT2D eigenvalue weighted by atomic mass is 79.9. The molecule has 2 rings (SSSR count). The fourth-order valence-corrected chi connectivity index (χ4v) is 2.34. The van der Waals surface area contributed by atoms with E-state index in [0.717, 1.165) is 21.9 Å². The highest BCUT2D eigenvalue weighted by Crippen LogP contribution is 2.28. The number of hydrogen-bond donors (Lipinski definition) is 1. The van der Waals surface area contributed by atoms with Gasteiger partial charge in [-0.2, -0.15) is 0 Å². The number of carbonyl (C=O) groups excluding carboxylic acids is 1. The smallest absolute Gasteiger partial charge is 0.254 e. The van der Waals surface area contributed by atoms with Crippen LogP contribution >= 0.6 is 28.6 Å². The zero-order valence-corrected chi connectivity index (χ0v) is 13.4. The summed E-state index contributed by atoms with van der Waals surface area (Å²) >= 11 is 7.66. The van der Waals surface area contributed by atoms with Gasteiger partial charge < -0.3 is 9.64 Å². The minimum absolute atomic E-state index is 0.0159. The first-order chi connectivity index (χ1) is 9.08. The van der Waals surface area contributed by atoms with Crippen LogP contribution in [0.1, 0.15) is 23.2 Å². The Morgan fingerprint density at radius 3 is 2.95 bits per heavy atom. The van der Waals surface area contributed by atoms with Crippen LogP contribution in [0.25, 0.3) is 0 Å². The number of halogens is 1. The zero-order valence-electron chi connectivity index (χ0n) is 10.9. The lowest BCUT2D eigenvalue weighted by Crippen LogP contribution is -2.30. The molecule has 0 N–H and O–H groups in total. The molecular weight excluding hydrogens is 326 g/mol. The molecule has 1 aromatic carbocycles. The van der Waals surface area contributed by atoms with Gasteiger partial charge >= 0.3 is 0 Å². The summed E-state index contributed by atoms with van der Waals surface area (Å²) in [7, 11) is 1.79. The normalized spacial score (nSPS) is 14.5.